The second-order valence-corrected chi connectivity index (χ2v) is 21.2. The largest absolute Gasteiger partial charge is 0.457 e. The number of fused-ring (bicyclic) bond motifs is 5. The van der Waals surface area contributed by atoms with Crippen LogP contribution >= 0.6 is 0 Å². The van der Waals surface area contributed by atoms with Crippen molar-refractivity contribution in [3.8, 4) is 5.75 Å². The van der Waals surface area contributed by atoms with Crippen LogP contribution in [0.5, 0.6) is 5.75 Å². The van der Waals surface area contributed by atoms with Gasteiger partial charge in [-0.05, 0) is 116 Å². The predicted molar refractivity (Wildman–Crippen MR) is 212 cm³/mol. The molecule has 7 atom stereocenters. The van der Waals surface area contributed by atoms with E-state index in [9.17, 15) is 17.6 Å². The molecule has 1 amide bonds. The Hall–Kier alpha value is -3.05. The molecule has 1 saturated heterocycles. The van der Waals surface area contributed by atoms with Crippen molar-refractivity contribution in [1.29, 1.82) is 0 Å². The topological polar surface area (TPSA) is 82.2 Å². The van der Waals surface area contributed by atoms with E-state index in [0.29, 0.717) is 48.4 Å². The number of rotatable bonds is 11. The van der Waals surface area contributed by atoms with Crippen LogP contribution in [-0.4, -0.2) is 79.0 Å². The molecule has 2 aromatic rings. The summed E-state index contributed by atoms with van der Waals surface area (Å²) in [5.41, 5.74) is 3.20. The molecule has 0 aromatic heterocycles. The number of carbonyl (C=O) groups excluding carboxylic acids is 1. The van der Waals surface area contributed by atoms with Crippen LogP contribution < -0.4 is 10.1 Å². The maximum absolute atomic E-state index is 13.8. The number of sulfonamides is 1. The lowest BCUT2D eigenvalue weighted by Gasteiger charge is -2.62. The van der Waals surface area contributed by atoms with Gasteiger partial charge in [0, 0.05) is 49.3 Å². The first-order valence-electron chi connectivity index (χ1n) is 20.0. The first-order valence-corrected chi connectivity index (χ1v) is 21.6. The number of halogens is 1. The van der Waals surface area contributed by atoms with Gasteiger partial charge in [0.15, 0.2) is 0 Å². The molecule has 4 aliphatic carbocycles. The van der Waals surface area contributed by atoms with Crippen molar-refractivity contribution in [2.75, 3.05) is 32.9 Å². The summed E-state index contributed by atoms with van der Waals surface area (Å²) in [7, 11) is 0.690. The van der Waals surface area contributed by atoms with Gasteiger partial charge in [-0.2, -0.15) is 4.31 Å². The highest BCUT2D eigenvalue weighted by Crippen LogP contribution is 2.61. The number of nitrogens with one attached hydrogen (secondary N) is 1. The Morgan fingerprint density at radius 2 is 1.76 bits per heavy atom. The Labute approximate surface area is 323 Å². The molecule has 294 valence electrons. The third-order valence-electron chi connectivity index (χ3n) is 13.5. The molecule has 2 unspecified atom stereocenters. The molecule has 2 aromatic carbocycles. The quantitative estimate of drug-likeness (QED) is 0.258. The number of ether oxygens (including phenoxy) is 1. The number of likely N-dealkylation sites (N-methyl/N-ethyl adjacent to an activating group) is 1. The Bertz CT molecular complexity index is 1900. The van der Waals surface area contributed by atoms with Crippen LogP contribution in [0.4, 0.5) is 4.39 Å². The predicted octanol–water partition coefficient (Wildman–Crippen LogP) is 7.38. The standard InChI is InChI=1S/C44H61FN4O4S/c1-29-37-21-34(43(37,5)6)22-38(29)46-41(50)39-18-19-54(51,52)49(39)25-31-11-9-10-30(20-31)24-48-26-32-12-13-33(44(48,28-47(7)8)27-42(2,3)4)23-40(32)53-36-16-14-35(45)15-17-36/h9-12,14-17,20,23,29,33-34,37-39H,13,18-19,21-22,24-28H2,1-8H3,(H,46,50)/t29-,33?,34+,37-,38-,39?,44+/m0/s1. The average Bonchev–Trinajstić information content (AvgIpc) is 3.25. The van der Waals surface area contributed by atoms with E-state index in [1.807, 2.05) is 12.1 Å². The summed E-state index contributed by atoms with van der Waals surface area (Å²) in [4.78, 5) is 18.7. The number of carbonyl (C=O) groups is 1. The number of hydrogen-bond acceptors (Lipinski definition) is 6. The molecule has 7 aliphatic rings. The molecule has 4 bridgehead atoms. The van der Waals surface area contributed by atoms with Crippen LogP contribution in [0.2, 0.25) is 0 Å². The smallest absolute Gasteiger partial charge is 0.238 e. The van der Waals surface area contributed by atoms with Crippen molar-refractivity contribution < 1.29 is 22.3 Å². The van der Waals surface area contributed by atoms with Crippen molar-refractivity contribution in [3.63, 3.8) is 0 Å². The second kappa shape index (κ2) is 14.5. The maximum atomic E-state index is 13.8. The van der Waals surface area contributed by atoms with E-state index >= 15 is 0 Å². The summed E-state index contributed by atoms with van der Waals surface area (Å²) in [5, 5.41) is 3.32. The molecule has 8 nitrogen and oxygen atoms in total. The molecule has 0 spiro atoms. The van der Waals surface area contributed by atoms with Gasteiger partial charge in [0.1, 0.15) is 23.4 Å². The van der Waals surface area contributed by atoms with E-state index in [4.69, 9.17) is 4.74 Å². The van der Waals surface area contributed by atoms with E-state index in [2.05, 4.69) is 95.0 Å². The third-order valence-corrected chi connectivity index (χ3v) is 15.3. The first-order chi connectivity index (χ1) is 25.3. The zero-order chi connectivity index (χ0) is 38.8. The van der Waals surface area contributed by atoms with Gasteiger partial charge in [0.05, 0.1) is 5.75 Å². The zero-order valence-electron chi connectivity index (χ0n) is 33.6. The number of hydrogen-bond donors (Lipinski definition) is 1. The number of allylic oxidation sites excluding steroid dienone is 1. The van der Waals surface area contributed by atoms with Crippen molar-refractivity contribution in [2.45, 2.75) is 104 Å². The highest BCUT2D eigenvalue weighted by Gasteiger charge is 2.57. The molecule has 9 rings (SSSR count). The number of amides is 1. The molecule has 54 heavy (non-hydrogen) atoms. The lowest BCUT2D eigenvalue weighted by molar-refractivity contribution is -0.136. The van der Waals surface area contributed by atoms with Gasteiger partial charge in [-0.1, -0.05) is 71.9 Å². The van der Waals surface area contributed by atoms with Crippen molar-refractivity contribution in [1.82, 2.24) is 19.4 Å². The molecule has 3 heterocycles. The van der Waals surface area contributed by atoms with Gasteiger partial charge >= 0.3 is 0 Å². The minimum absolute atomic E-state index is 0.0112. The number of benzene rings is 2. The molecular weight excluding hydrogens is 700 g/mol. The Balaban J connectivity index is 1.13. The van der Waals surface area contributed by atoms with Gasteiger partial charge in [-0.25, -0.2) is 12.8 Å². The Morgan fingerprint density at radius 3 is 2.41 bits per heavy atom. The fraction of sp³-hybridized carbons (Fsp3) is 0.614. The fourth-order valence-corrected chi connectivity index (χ4v) is 12.5. The van der Waals surface area contributed by atoms with Gasteiger partial charge < -0.3 is 15.0 Å². The molecule has 1 N–H and O–H groups in total. The molecule has 10 heteroatoms. The van der Waals surface area contributed by atoms with E-state index in [-0.39, 0.29) is 46.9 Å². The Morgan fingerprint density at radius 1 is 1.06 bits per heavy atom. The van der Waals surface area contributed by atoms with Gasteiger partial charge in [-0.15, -0.1) is 0 Å². The average molecular weight is 761 g/mol. The van der Waals surface area contributed by atoms with Crippen LogP contribution in [0, 0.1) is 40.3 Å². The third kappa shape index (κ3) is 7.69. The summed E-state index contributed by atoms with van der Waals surface area (Å²) in [5.74, 6) is 2.73. The molecule has 4 fully saturated rings. The van der Waals surface area contributed by atoms with E-state index in [0.717, 1.165) is 48.3 Å². The van der Waals surface area contributed by atoms with Crippen LogP contribution in [0.1, 0.15) is 84.8 Å². The highest BCUT2D eigenvalue weighted by molar-refractivity contribution is 7.89. The van der Waals surface area contributed by atoms with Crippen LogP contribution in [0.15, 0.2) is 72.0 Å². The van der Waals surface area contributed by atoms with Gasteiger partial charge in [0.25, 0.3) is 0 Å². The SMILES string of the molecule is C[C@@H]1[C@@H](NC(=O)C2CCS(=O)(=O)N2Cc2cccc(CN3CC4=CCC(C=C4Oc4ccc(F)cc4)[C@]3(CN(C)C)CC(C)(C)C)c2)C[C@H]2C[C@@H]1C2(C)C. The van der Waals surface area contributed by atoms with Crippen LogP contribution in [0.3, 0.4) is 0 Å². The van der Waals surface area contributed by atoms with Crippen molar-refractivity contribution in [3.05, 3.63) is 89.0 Å². The minimum atomic E-state index is -3.58. The summed E-state index contributed by atoms with van der Waals surface area (Å²) in [6, 6.07) is 13.9. The lowest BCUT2D eigenvalue weighted by Crippen LogP contribution is -2.61. The van der Waals surface area contributed by atoms with Gasteiger partial charge in [-0.3, -0.25) is 9.69 Å². The zero-order valence-corrected chi connectivity index (χ0v) is 34.4. The number of nitrogens with zero attached hydrogens (tertiary/aromatic N) is 3. The molecule has 0 radical (unpaired) electrons. The van der Waals surface area contributed by atoms with Crippen molar-refractivity contribution in [2.24, 2.45) is 34.5 Å². The normalized spacial score (nSPS) is 31.7. The monoisotopic (exact) mass is 760 g/mol. The molecular formula is C44H61FN4O4S. The van der Waals surface area contributed by atoms with Crippen LogP contribution in [-0.2, 0) is 27.9 Å². The fourth-order valence-electron chi connectivity index (χ4n) is 10.8. The minimum Gasteiger partial charge on any atom is -0.457 e. The van der Waals surface area contributed by atoms with Crippen molar-refractivity contribution >= 4 is 15.9 Å². The summed E-state index contributed by atoms with van der Waals surface area (Å²) in [6.45, 7) is 16.2. The van der Waals surface area contributed by atoms with E-state index in [1.165, 1.54) is 22.9 Å². The highest BCUT2D eigenvalue weighted by atomic mass is 32.2. The second-order valence-electron chi connectivity index (χ2n) is 19.1. The summed E-state index contributed by atoms with van der Waals surface area (Å²) in [6.07, 6.45) is 8.97. The summed E-state index contributed by atoms with van der Waals surface area (Å²) >= 11 is 0. The summed E-state index contributed by atoms with van der Waals surface area (Å²) < 4.78 is 48.6. The van der Waals surface area contributed by atoms with E-state index < -0.39 is 16.1 Å². The molecule has 3 saturated carbocycles. The lowest BCUT2D eigenvalue weighted by atomic mass is 9.45. The molecule has 3 aliphatic heterocycles. The first kappa shape index (κ1) is 39.2. The van der Waals surface area contributed by atoms with Crippen LogP contribution in [0.25, 0.3) is 0 Å². The van der Waals surface area contributed by atoms with E-state index in [1.54, 1.807) is 12.1 Å². The Kier molecular flexibility index (Phi) is 10.5. The van der Waals surface area contributed by atoms with Gasteiger partial charge in [0.2, 0.25) is 15.9 Å². The maximum Gasteiger partial charge on any atom is 0.238 e.